The Bertz CT molecular complexity index is 1170. The fraction of sp³-hybridized carbons (Fsp3) is 0.417. The van der Waals surface area contributed by atoms with Crippen LogP contribution in [-0.4, -0.2) is 49.5 Å². The third-order valence-electron chi connectivity index (χ3n) is 5.03. The molecule has 192 valence electrons. The topological polar surface area (TPSA) is 86.8 Å². The van der Waals surface area contributed by atoms with Crippen LogP contribution in [0.2, 0.25) is 10.0 Å². The molecule has 0 saturated heterocycles. The van der Waals surface area contributed by atoms with E-state index in [1.54, 1.807) is 6.92 Å². The fourth-order valence-electron chi connectivity index (χ4n) is 3.44. The first-order valence-electron chi connectivity index (χ1n) is 10.9. The lowest BCUT2D eigenvalue weighted by molar-refractivity contribution is -0.141. The zero-order chi connectivity index (χ0) is 26.6. The molecule has 0 bridgehead atoms. The van der Waals surface area contributed by atoms with Crippen LogP contribution in [0.15, 0.2) is 42.5 Å². The maximum atomic E-state index is 13.6. The summed E-state index contributed by atoms with van der Waals surface area (Å²) in [5.74, 6) is -1.46. The summed E-state index contributed by atoms with van der Waals surface area (Å²) in [4.78, 5) is 28.0. The Kier molecular flexibility index (Phi) is 9.56. The second-order valence-electron chi connectivity index (χ2n) is 9.15. The van der Waals surface area contributed by atoms with E-state index in [4.69, 9.17) is 23.2 Å². The van der Waals surface area contributed by atoms with Gasteiger partial charge >= 0.3 is 0 Å². The van der Waals surface area contributed by atoms with E-state index < -0.39 is 39.9 Å². The van der Waals surface area contributed by atoms with Crippen LogP contribution >= 0.6 is 23.2 Å². The lowest BCUT2D eigenvalue weighted by Crippen LogP contribution is -2.55. The Morgan fingerprint density at radius 2 is 1.69 bits per heavy atom. The average Bonchev–Trinajstić information content (AvgIpc) is 2.73. The highest BCUT2D eigenvalue weighted by molar-refractivity contribution is 7.92. The number of hydrogen-bond donors (Lipinski definition) is 1. The zero-order valence-corrected chi connectivity index (χ0v) is 22.6. The van der Waals surface area contributed by atoms with Crippen molar-refractivity contribution in [1.82, 2.24) is 10.2 Å². The SMILES string of the molecule is CCC(C(=O)NC(C)(C)C)N(Cc1ccc(F)cc1)C(=O)CN(c1cccc(Cl)c1Cl)S(C)(=O)=O. The molecule has 1 atom stereocenters. The Hall–Kier alpha value is -2.36. The molecule has 2 amide bonds. The number of halogens is 3. The molecule has 0 radical (unpaired) electrons. The largest absolute Gasteiger partial charge is 0.350 e. The van der Waals surface area contributed by atoms with Crippen molar-refractivity contribution in [2.24, 2.45) is 0 Å². The molecule has 0 fully saturated rings. The molecule has 0 aliphatic carbocycles. The van der Waals surface area contributed by atoms with Gasteiger partial charge in [-0.05, 0) is 57.0 Å². The van der Waals surface area contributed by atoms with Crippen LogP contribution in [-0.2, 0) is 26.2 Å². The molecule has 1 N–H and O–H groups in total. The molecule has 1 unspecified atom stereocenters. The zero-order valence-electron chi connectivity index (χ0n) is 20.3. The molecule has 0 aliphatic heterocycles. The monoisotopic (exact) mass is 545 g/mol. The van der Waals surface area contributed by atoms with Crippen LogP contribution < -0.4 is 9.62 Å². The number of hydrogen-bond acceptors (Lipinski definition) is 4. The molecule has 7 nitrogen and oxygen atoms in total. The predicted octanol–water partition coefficient (Wildman–Crippen LogP) is 4.62. The molecule has 0 aliphatic rings. The van der Waals surface area contributed by atoms with Gasteiger partial charge in [0.1, 0.15) is 18.4 Å². The summed E-state index contributed by atoms with van der Waals surface area (Å²) in [6.07, 6.45) is 1.22. The first-order chi connectivity index (χ1) is 16.1. The number of rotatable bonds is 9. The number of carbonyl (C=O) groups excluding carboxylic acids is 2. The Labute approximate surface area is 216 Å². The number of carbonyl (C=O) groups is 2. The minimum absolute atomic E-state index is 0.0185. The van der Waals surface area contributed by atoms with E-state index >= 15 is 0 Å². The second kappa shape index (κ2) is 11.6. The summed E-state index contributed by atoms with van der Waals surface area (Å²) < 4.78 is 39.6. The minimum Gasteiger partial charge on any atom is -0.350 e. The van der Waals surface area contributed by atoms with E-state index in [1.807, 2.05) is 20.8 Å². The standard InChI is InChI=1S/C24H30Cl2FN3O4S/c1-6-19(23(32)28-24(2,3)4)29(14-16-10-12-17(27)13-11-16)21(31)15-30(35(5,33)34)20-9-7-8-18(25)22(20)26/h7-13,19H,6,14-15H2,1-5H3,(H,28,32). The van der Waals surface area contributed by atoms with E-state index in [1.165, 1.54) is 47.4 Å². The van der Waals surface area contributed by atoms with Crippen LogP contribution in [0, 0.1) is 5.82 Å². The van der Waals surface area contributed by atoms with Gasteiger partial charge in [-0.25, -0.2) is 12.8 Å². The number of nitrogens with one attached hydrogen (secondary N) is 1. The van der Waals surface area contributed by atoms with E-state index in [0.29, 0.717) is 5.56 Å². The highest BCUT2D eigenvalue weighted by Crippen LogP contribution is 2.33. The highest BCUT2D eigenvalue weighted by atomic mass is 35.5. The molecular formula is C24H30Cl2FN3O4S. The van der Waals surface area contributed by atoms with E-state index in [-0.39, 0.29) is 34.6 Å². The smallest absolute Gasteiger partial charge is 0.244 e. The Morgan fingerprint density at radius 1 is 1.09 bits per heavy atom. The average molecular weight is 546 g/mol. The lowest BCUT2D eigenvalue weighted by atomic mass is 10.1. The molecule has 2 rings (SSSR count). The van der Waals surface area contributed by atoms with Crippen molar-refractivity contribution < 1.29 is 22.4 Å². The van der Waals surface area contributed by atoms with Gasteiger partial charge in [0, 0.05) is 12.1 Å². The molecule has 2 aromatic rings. The Morgan fingerprint density at radius 3 is 2.20 bits per heavy atom. The van der Waals surface area contributed by atoms with Gasteiger partial charge in [-0.2, -0.15) is 0 Å². The van der Waals surface area contributed by atoms with Gasteiger partial charge in [-0.3, -0.25) is 13.9 Å². The number of benzene rings is 2. The summed E-state index contributed by atoms with van der Waals surface area (Å²) >= 11 is 12.3. The van der Waals surface area contributed by atoms with Gasteiger partial charge in [0.05, 0.1) is 22.0 Å². The lowest BCUT2D eigenvalue weighted by Gasteiger charge is -2.34. The number of anilines is 1. The first-order valence-corrected chi connectivity index (χ1v) is 13.5. The maximum Gasteiger partial charge on any atom is 0.244 e. The molecule has 0 aromatic heterocycles. The van der Waals surface area contributed by atoms with E-state index in [2.05, 4.69) is 5.32 Å². The van der Waals surface area contributed by atoms with Crippen LogP contribution in [0.25, 0.3) is 0 Å². The third-order valence-corrected chi connectivity index (χ3v) is 6.96. The summed E-state index contributed by atoms with van der Waals surface area (Å²) in [5, 5.41) is 2.98. The first kappa shape index (κ1) is 28.9. The Balaban J connectivity index is 2.49. The van der Waals surface area contributed by atoms with Gasteiger partial charge in [-0.1, -0.05) is 48.3 Å². The molecule has 11 heteroatoms. The van der Waals surface area contributed by atoms with Crippen molar-refractivity contribution in [1.29, 1.82) is 0 Å². The van der Waals surface area contributed by atoms with Gasteiger partial charge in [0.15, 0.2) is 0 Å². The molecule has 0 heterocycles. The van der Waals surface area contributed by atoms with Gasteiger partial charge < -0.3 is 10.2 Å². The highest BCUT2D eigenvalue weighted by Gasteiger charge is 2.33. The number of nitrogens with zero attached hydrogens (tertiary/aromatic N) is 2. The summed E-state index contributed by atoms with van der Waals surface area (Å²) in [6, 6.07) is 9.08. The number of sulfonamides is 1. The van der Waals surface area contributed by atoms with Crippen molar-refractivity contribution in [3.05, 3.63) is 63.9 Å². The van der Waals surface area contributed by atoms with Crippen LogP contribution in [0.3, 0.4) is 0 Å². The summed E-state index contributed by atoms with van der Waals surface area (Å²) in [7, 11) is -3.95. The normalized spacial score (nSPS) is 12.7. The number of amides is 2. The summed E-state index contributed by atoms with van der Waals surface area (Å²) in [6.45, 7) is 6.55. The van der Waals surface area contributed by atoms with E-state index in [0.717, 1.165) is 10.6 Å². The molecule has 0 saturated carbocycles. The van der Waals surface area contributed by atoms with Crippen molar-refractivity contribution in [3.8, 4) is 0 Å². The molecule has 2 aromatic carbocycles. The quantitative estimate of drug-likeness (QED) is 0.498. The van der Waals surface area contributed by atoms with Gasteiger partial charge in [0.2, 0.25) is 21.8 Å². The molecular weight excluding hydrogens is 516 g/mol. The van der Waals surface area contributed by atoms with Crippen molar-refractivity contribution >= 4 is 50.7 Å². The minimum atomic E-state index is -3.95. The molecule has 0 spiro atoms. The third kappa shape index (κ3) is 8.08. The van der Waals surface area contributed by atoms with Crippen molar-refractivity contribution in [2.75, 3.05) is 17.1 Å². The van der Waals surface area contributed by atoms with Crippen molar-refractivity contribution in [2.45, 2.75) is 52.2 Å². The van der Waals surface area contributed by atoms with Gasteiger partial charge in [0.25, 0.3) is 0 Å². The fourth-order valence-corrected chi connectivity index (χ4v) is 4.74. The van der Waals surface area contributed by atoms with Gasteiger partial charge in [-0.15, -0.1) is 0 Å². The van der Waals surface area contributed by atoms with Crippen LogP contribution in [0.4, 0.5) is 10.1 Å². The second-order valence-corrected chi connectivity index (χ2v) is 11.8. The van der Waals surface area contributed by atoms with E-state index in [9.17, 15) is 22.4 Å². The van der Waals surface area contributed by atoms with Crippen LogP contribution in [0.5, 0.6) is 0 Å². The van der Waals surface area contributed by atoms with Crippen molar-refractivity contribution in [3.63, 3.8) is 0 Å². The maximum absolute atomic E-state index is 13.6. The molecule has 35 heavy (non-hydrogen) atoms. The predicted molar refractivity (Wildman–Crippen MR) is 138 cm³/mol. The van der Waals surface area contributed by atoms with Crippen LogP contribution in [0.1, 0.15) is 39.7 Å². The summed E-state index contributed by atoms with van der Waals surface area (Å²) in [5.41, 5.74) is 0.0692.